The van der Waals surface area contributed by atoms with Gasteiger partial charge in [0.25, 0.3) is 5.91 Å². The molecular weight excluding hydrogens is 677 g/mol. The highest BCUT2D eigenvalue weighted by atomic mass is 28.3. The molecule has 3 aromatic carbocycles. The van der Waals surface area contributed by atoms with E-state index in [0.29, 0.717) is 44.8 Å². The molecule has 52 heavy (non-hydrogen) atoms. The summed E-state index contributed by atoms with van der Waals surface area (Å²) in [6.45, 7) is 9.43. The lowest BCUT2D eigenvalue weighted by molar-refractivity contribution is -0.146. The molecule has 0 radical (unpaired) electrons. The molecule has 0 unspecified atom stereocenters. The topological polar surface area (TPSA) is 131 Å². The van der Waals surface area contributed by atoms with Gasteiger partial charge in [-0.2, -0.15) is 0 Å². The number of carbonyl (C=O) groups is 2. The third-order valence-corrected chi connectivity index (χ3v) is 15.7. The van der Waals surface area contributed by atoms with Crippen LogP contribution in [0.5, 0.6) is 11.5 Å². The molecular formula is C39H48N6O6Si. The van der Waals surface area contributed by atoms with Crippen molar-refractivity contribution in [3.8, 4) is 11.5 Å². The summed E-state index contributed by atoms with van der Waals surface area (Å²) in [5.74, 6) is 1.21. The second kappa shape index (κ2) is 14.5. The maximum atomic E-state index is 15.3. The third-order valence-electron chi connectivity index (χ3n) is 11.3. The Balaban J connectivity index is 1.27. The molecule has 274 valence electrons. The van der Waals surface area contributed by atoms with Crippen molar-refractivity contribution in [2.24, 2.45) is 5.92 Å². The second-order valence-corrected chi connectivity index (χ2v) is 19.2. The van der Waals surface area contributed by atoms with Gasteiger partial charge >= 0.3 is 0 Å². The van der Waals surface area contributed by atoms with Crippen LogP contribution in [0.2, 0.25) is 18.6 Å². The Labute approximate surface area is 305 Å². The van der Waals surface area contributed by atoms with E-state index < -0.39 is 13.7 Å². The molecule has 0 saturated carbocycles. The van der Waals surface area contributed by atoms with Gasteiger partial charge in [0.2, 0.25) is 5.91 Å². The molecule has 4 heterocycles. The number of aryl methyl sites for hydroxylation is 1. The Hall–Kier alpha value is -4.56. The Morgan fingerprint density at radius 1 is 1.04 bits per heavy atom. The smallest absolute Gasteiger partial charge is 0.264 e. The maximum Gasteiger partial charge on any atom is 0.264 e. The number of rotatable bonds is 12. The van der Waals surface area contributed by atoms with Crippen LogP contribution in [0.3, 0.4) is 0 Å². The van der Waals surface area contributed by atoms with Crippen molar-refractivity contribution >= 4 is 36.4 Å². The van der Waals surface area contributed by atoms with Crippen molar-refractivity contribution in [1.82, 2.24) is 20.3 Å². The van der Waals surface area contributed by atoms with E-state index in [2.05, 4.69) is 47.8 Å². The second-order valence-electron chi connectivity index (χ2n) is 14.6. The molecule has 12 nitrogen and oxygen atoms in total. The quantitative estimate of drug-likeness (QED) is 0.211. The van der Waals surface area contributed by atoms with Crippen molar-refractivity contribution in [3.05, 3.63) is 89.7 Å². The van der Waals surface area contributed by atoms with Crippen molar-refractivity contribution in [2.45, 2.75) is 63.2 Å². The maximum absolute atomic E-state index is 15.3. The van der Waals surface area contributed by atoms with Gasteiger partial charge in [-0.3, -0.25) is 14.3 Å². The molecule has 3 aliphatic rings. The molecule has 2 amide bonds. The number of aliphatic hydroxyl groups excluding tert-OH is 1. The molecule has 2 fully saturated rings. The molecule has 0 aliphatic carbocycles. The fourth-order valence-corrected chi connectivity index (χ4v) is 12.7. The number of aromatic nitrogens is 3. The zero-order valence-electron chi connectivity index (χ0n) is 30.5. The summed E-state index contributed by atoms with van der Waals surface area (Å²) in [6, 6.07) is 22.1. The summed E-state index contributed by atoms with van der Waals surface area (Å²) in [6.07, 6.45) is 2.67. The highest BCUT2D eigenvalue weighted by Gasteiger charge is 2.66. The summed E-state index contributed by atoms with van der Waals surface area (Å²) < 4.78 is 20.3. The predicted molar refractivity (Wildman–Crippen MR) is 201 cm³/mol. The molecule has 0 bridgehead atoms. The fourth-order valence-electron chi connectivity index (χ4n) is 8.67. The van der Waals surface area contributed by atoms with Gasteiger partial charge in [0, 0.05) is 56.0 Å². The Morgan fingerprint density at radius 2 is 1.81 bits per heavy atom. The number of methoxy groups -OCH3 is 2. The predicted octanol–water partition coefficient (Wildman–Crippen LogP) is 3.62. The number of anilines is 2. The largest absolute Gasteiger partial charge is 0.497 e. The molecule has 4 atom stereocenters. The molecule has 7 rings (SSSR count). The summed E-state index contributed by atoms with van der Waals surface area (Å²) in [4.78, 5) is 31.6. The van der Waals surface area contributed by atoms with E-state index in [4.69, 9.17) is 14.2 Å². The number of fused-ring (bicyclic) bond motifs is 2. The van der Waals surface area contributed by atoms with Crippen LogP contribution < -0.4 is 29.8 Å². The van der Waals surface area contributed by atoms with E-state index in [1.165, 1.54) is 5.19 Å². The van der Waals surface area contributed by atoms with Gasteiger partial charge in [-0.05, 0) is 60.0 Å². The minimum atomic E-state index is -2.35. The number of amides is 2. The average molecular weight is 725 g/mol. The van der Waals surface area contributed by atoms with Gasteiger partial charge in [0.1, 0.15) is 11.5 Å². The lowest BCUT2D eigenvalue weighted by Crippen LogP contribution is -2.51. The van der Waals surface area contributed by atoms with E-state index in [1.54, 1.807) is 23.8 Å². The van der Waals surface area contributed by atoms with Crippen LogP contribution in [-0.2, 0) is 39.4 Å². The SMILES string of the molecule is COc1ccc([Si](C)(C)[C@@H]2[C@@H](CCn3cc(CCO)nn3)O[C@]3(C(=O)N(Cc4cccc(N5CCNCC5=O)c4)c4ccc(OC)cc43)[C@H]2C)cc1. The lowest BCUT2D eigenvalue weighted by Gasteiger charge is -2.37. The highest BCUT2D eigenvalue weighted by molar-refractivity contribution is 6.91. The Bertz CT molecular complexity index is 1930. The molecule has 3 aliphatic heterocycles. The number of hydrogen-bond donors (Lipinski definition) is 2. The van der Waals surface area contributed by atoms with Crippen molar-refractivity contribution in [3.63, 3.8) is 0 Å². The van der Waals surface area contributed by atoms with E-state index in [-0.39, 0.29) is 36.0 Å². The van der Waals surface area contributed by atoms with E-state index >= 15 is 4.79 Å². The van der Waals surface area contributed by atoms with Crippen molar-refractivity contribution in [2.75, 3.05) is 50.3 Å². The van der Waals surface area contributed by atoms with Crippen molar-refractivity contribution < 1.29 is 28.9 Å². The molecule has 1 spiro atoms. The van der Waals surface area contributed by atoms with Crippen molar-refractivity contribution in [1.29, 1.82) is 0 Å². The number of nitrogens with one attached hydrogen (secondary N) is 1. The molecule has 2 N–H and O–H groups in total. The van der Waals surface area contributed by atoms with Gasteiger partial charge < -0.3 is 34.4 Å². The van der Waals surface area contributed by atoms with Crippen LogP contribution in [0.1, 0.15) is 30.2 Å². The zero-order valence-corrected chi connectivity index (χ0v) is 31.5. The number of piperazine rings is 1. The summed E-state index contributed by atoms with van der Waals surface area (Å²) in [5, 5.41) is 22.4. The first kappa shape index (κ1) is 35.8. The fraction of sp³-hybridized carbons (Fsp3) is 0.436. The molecule has 4 aromatic rings. The lowest BCUT2D eigenvalue weighted by atomic mass is 9.82. The minimum absolute atomic E-state index is 0.00776. The van der Waals surface area contributed by atoms with Crippen LogP contribution in [-0.4, -0.2) is 86.6 Å². The van der Waals surface area contributed by atoms with Gasteiger partial charge in [-0.1, -0.05) is 54.7 Å². The number of benzene rings is 3. The van der Waals surface area contributed by atoms with Gasteiger partial charge in [0.05, 0.1) is 52.9 Å². The summed E-state index contributed by atoms with van der Waals surface area (Å²) in [5.41, 5.74) is 2.90. The van der Waals surface area contributed by atoms with Crippen LogP contribution in [0.15, 0.2) is 72.9 Å². The third kappa shape index (κ3) is 6.29. The normalized spacial score (nSPS) is 23.1. The van der Waals surface area contributed by atoms with E-state index in [0.717, 1.165) is 40.5 Å². The standard InChI is InChI=1S/C39H48N6O6Si/c1-26-37(52(4,5)32-12-9-30(49-2)10-13-32)35(15-18-43-25-28(16-20-46)41-42-43)51-39(26)33-22-31(50-3)11-14-34(33)45(38(39)48)24-27-7-6-8-29(21-27)44-19-17-40-23-36(44)47/h6-14,21-22,25-26,35,37,40,46H,15-20,23-24H2,1-5H3/t26-,35+,37-,39+/m0/s1. The average Bonchev–Trinajstić information content (AvgIpc) is 3.80. The molecule has 13 heteroatoms. The minimum Gasteiger partial charge on any atom is -0.497 e. The summed E-state index contributed by atoms with van der Waals surface area (Å²) >= 11 is 0. The highest BCUT2D eigenvalue weighted by Crippen LogP contribution is 2.60. The first-order valence-electron chi connectivity index (χ1n) is 18.0. The zero-order chi connectivity index (χ0) is 36.6. The number of ether oxygens (including phenoxy) is 3. The number of aliphatic hydroxyl groups is 1. The van der Waals surface area contributed by atoms with Crippen LogP contribution >= 0.6 is 0 Å². The van der Waals surface area contributed by atoms with Gasteiger partial charge in [-0.15, -0.1) is 5.10 Å². The van der Waals surface area contributed by atoms with Crippen LogP contribution in [0, 0.1) is 5.92 Å². The first-order valence-corrected chi connectivity index (χ1v) is 21.1. The number of nitrogens with zero attached hydrogens (tertiary/aromatic N) is 5. The van der Waals surface area contributed by atoms with Crippen LogP contribution in [0.25, 0.3) is 0 Å². The Morgan fingerprint density at radius 3 is 2.54 bits per heavy atom. The van der Waals surface area contributed by atoms with E-state index in [1.807, 2.05) is 65.7 Å². The number of carbonyl (C=O) groups excluding carboxylic acids is 2. The molecule has 1 aromatic heterocycles. The molecule has 2 saturated heterocycles. The Kier molecular flexibility index (Phi) is 9.96. The number of hydrogen-bond acceptors (Lipinski definition) is 9. The monoisotopic (exact) mass is 724 g/mol. The van der Waals surface area contributed by atoms with E-state index in [9.17, 15) is 9.90 Å². The first-order chi connectivity index (χ1) is 25.1. The van der Waals surface area contributed by atoms with Gasteiger partial charge in [0.15, 0.2) is 5.60 Å². The summed E-state index contributed by atoms with van der Waals surface area (Å²) in [7, 11) is 0.956. The van der Waals surface area contributed by atoms with Gasteiger partial charge in [-0.25, -0.2) is 0 Å². The van der Waals surface area contributed by atoms with Crippen LogP contribution in [0.4, 0.5) is 11.4 Å².